The Morgan fingerprint density at radius 2 is 1.85 bits per heavy atom. The first-order valence-electron chi connectivity index (χ1n) is 10.6. The van der Waals surface area contributed by atoms with Crippen LogP contribution in [0.25, 0.3) is 11.4 Å². The molecule has 3 aromatic carbocycles. The highest BCUT2D eigenvalue weighted by Gasteiger charge is 2.26. The molecule has 1 N–H and O–H groups in total. The van der Waals surface area contributed by atoms with Gasteiger partial charge in [-0.05, 0) is 30.3 Å². The summed E-state index contributed by atoms with van der Waals surface area (Å²) in [6.45, 7) is 0. The maximum atomic E-state index is 12.6. The number of para-hydroxylation sites is 1. The summed E-state index contributed by atoms with van der Waals surface area (Å²) in [6.07, 6.45) is 0.581. The van der Waals surface area contributed by atoms with Crippen molar-refractivity contribution in [1.29, 1.82) is 0 Å². The molecule has 0 bridgehead atoms. The molecule has 1 aliphatic rings. The van der Waals surface area contributed by atoms with Crippen LogP contribution >= 0.6 is 23.4 Å². The Morgan fingerprint density at radius 1 is 1.06 bits per heavy atom. The van der Waals surface area contributed by atoms with Crippen LogP contribution < -0.4 is 14.8 Å². The lowest BCUT2D eigenvalue weighted by Crippen LogP contribution is -2.15. The van der Waals surface area contributed by atoms with Crippen LogP contribution in [0.2, 0.25) is 5.02 Å². The highest BCUT2D eigenvalue weighted by atomic mass is 35.5. The maximum Gasteiger partial charge on any atom is 0.234 e. The van der Waals surface area contributed by atoms with Gasteiger partial charge in [0.2, 0.25) is 11.8 Å². The molecule has 1 aliphatic heterocycles. The van der Waals surface area contributed by atoms with Crippen molar-refractivity contribution in [2.24, 2.45) is 0 Å². The van der Waals surface area contributed by atoms with Gasteiger partial charge in [0.05, 0.1) is 18.4 Å². The van der Waals surface area contributed by atoms with Crippen LogP contribution in [0.5, 0.6) is 17.4 Å². The van der Waals surface area contributed by atoms with Gasteiger partial charge in [0.25, 0.3) is 0 Å². The molecule has 5 rings (SSSR count). The summed E-state index contributed by atoms with van der Waals surface area (Å²) in [5.74, 6) is 2.38. The number of thioether (sulfide) groups is 1. The molecule has 0 saturated heterocycles. The number of nitrogens with one attached hydrogen (secondary N) is 1. The van der Waals surface area contributed by atoms with Gasteiger partial charge in [0, 0.05) is 28.3 Å². The van der Waals surface area contributed by atoms with Crippen molar-refractivity contribution in [2.75, 3.05) is 18.2 Å². The van der Waals surface area contributed by atoms with Crippen molar-refractivity contribution in [3.8, 4) is 28.8 Å². The molecule has 0 spiro atoms. The van der Waals surface area contributed by atoms with Crippen molar-refractivity contribution in [3.05, 3.63) is 88.9 Å². The van der Waals surface area contributed by atoms with E-state index in [0.29, 0.717) is 45.4 Å². The summed E-state index contributed by atoms with van der Waals surface area (Å²) in [5, 5.41) is 4.21. The standard InChI is InChI=1S/C26H20ClN3O3S/c1-32-21-9-5-8-17-14-20-25(33-23(17)21)29-24(16-6-3-2-4-7-16)30-26(20)34-15-22(31)28-19-12-10-18(27)11-13-19/h2-13H,14-15H2,1H3,(H,28,31). The first-order valence-corrected chi connectivity index (χ1v) is 12.0. The van der Waals surface area contributed by atoms with E-state index < -0.39 is 0 Å². The van der Waals surface area contributed by atoms with Crippen LogP contribution in [0.3, 0.4) is 0 Å². The number of fused-ring (bicyclic) bond motifs is 2. The lowest BCUT2D eigenvalue weighted by Gasteiger charge is -2.23. The highest BCUT2D eigenvalue weighted by Crippen LogP contribution is 2.44. The predicted octanol–water partition coefficient (Wildman–Crippen LogP) is 6.23. The minimum absolute atomic E-state index is 0.139. The number of nitrogens with zero attached hydrogens (tertiary/aromatic N) is 2. The number of hydrogen-bond acceptors (Lipinski definition) is 6. The summed E-state index contributed by atoms with van der Waals surface area (Å²) in [5.41, 5.74) is 3.39. The summed E-state index contributed by atoms with van der Waals surface area (Å²) in [6, 6.07) is 22.5. The van der Waals surface area contributed by atoms with E-state index in [9.17, 15) is 4.79 Å². The van der Waals surface area contributed by atoms with Gasteiger partial charge in [-0.3, -0.25) is 4.79 Å². The third-order valence-electron chi connectivity index (χ3n) is 5.28. The quantitative estimate of drug-likeness (QED) is 0.225. The molecule has 170 valence electrons. The maximum absolute atomic E-state index is 12.6. The summed E-state index contributed by atoms with van der Waals surface area (Å²) >= 11 is 7.29. The number of halogens is 1. The molecule has 4 aromatic rings. The van der Waals surface area contributed by atoms with Crippen molar-refractivity contribution >= 4 is 35.0 Å². The molecule has 0 saturated carbocycles. The molecule has 0 radical (unpaired) electrons. The van der Waals surface area contributed by atoms with Gasteiger partial charge in [0.1, 0.15) is 5.03 Å². The van der Waals surface area contributed by atoms with E-state index in [1.54, 1.807) is 31.4 Å². The Labute approximate surface area is 206 Å². The number of rotatable bonds is 6. The zero-order valence-electron chi connectivity index (χ0n) is 18.2. The molecular weight excluding hydrogens is 470 g/mol. The normalized spacial score (nSPS) is 11.7. The van der Waals surface area contributed by atoms with Crippen molar-refractivity contribution in [3.63, 3.8) is 0 Å². The van der Waals surface area contributed by atoms with Gasteiger partial charge in [0.15, 0.2) is 17.3 Å². The highest BCUT2D eigenvalue weighted by molar-refractivity contribution is 8.00. The minimum Gasteiger partial charge on any atom is -0.493 e. The number of benzene rings is 3. The molecule has 0 fully saturated rings. The van der Waals surface area contributed by atoms with Crippen LogP contribution in [0, 0.1) is 0 Å². The lowest BCUT2D eigenvalue weighted by molar-refractivity contribution is -0.113. The van der Waals surface area contributed by atoms with E-state index in [2.05, 4.69) is 5.32 Å². The number of methoxy groups -OCH3 is 1. The summed E-state index contributed by atoms with van der Waals surface area (Å²) in [7, 11) is 1.62. The molecule has 8 heteroatoms. The van der Waals surface area contributed by atoms with E-state index in [4.69, 9.17) is 31.0 Å². The van der Waals surface area contributed by atoms with Gasteiger partial charge < -0.3 is 14.8 Å². The Hall–Kier alpha value is -3.55. The smallest absolute Gasteiger partial charge is 0.234 e. The third-order valence-corrected chi connectivity index (χ3v) is 6.55. The van der Waals surface area contributed by atoms with Crippen LogP contribution in [-0.2, 0) is 11.2 Å². The number of ether oxygens (including phenoxy) is 2. The number of anilines is 1. The Kier molecular flexibility index (Phi) is 6.38. The molecule has 0 aliphatic carbocycles. The summed E-state index contributed by atoms with van der Waals surface area (Å²) < 4.78 is 11.7. The number of carbonyl (C=O) groups is 1. The van der Waals surface area contributed by atoms with Crippen LogP contribution in [0.4, 0.5) is 5.69 Å². The zero-order chi connectivity index (χ0) is 23.5. The Morgan fingerprint density at radius 3 is 2.62 bits per heavy atom. The average Bonchev–Trinajstić information content (AvgIpc) is 2.87. The average molecular weight is 490 g/mol. The monoisotopic (exact) mass is 489 g/mol. The molecule has 0 unspecified atom stereocenters. The minimum atomic E-state index is -0.139. The number of amides is 1. The van der Waals surface area contributed by atoms with Crippen molar-refractivity contribution in [2.45, 2.75) is 11.4 Å². The summed E-state index contributed by atoms with van der Waals surface area (Å²) in [4.78, 5) is 22.1. The Bertz CT molecular complexity index is 1350. The van der Waals surface area contributed by atoms with E-state index in [1.807, 2.05) is 48.5 Å². The Balaban J connectivity index is 1.45. The molecule has 1 amide bonds. The number of carbonyl (C=O) groups excluding carboxylic acids is 1. The third kappa shape index (κ3) is 4.71. The fourth-order valence-corrected chi connectivity index (χ4v) is 4.59. The second-order valence-corrected chi connectivity index (χ2v) is 8.97. The molecule has 2 heterocycles. The molecule has 6 nitrogen and oxygen atoms in total. The number of aromatic nitrogens is 2. The number of hydrogen-bond donors (Lipinski definition) is 1. The fourth-order valence-electron chi connectivity index (χ4n) is 3.64. The van der Waals surface area contributed by atoms with Gasteiger partial charge in [-0.1, -0.05) is 65.8 Å². The first-order chi connectivity index (χ1) is 16.6. The topological polar surface area (TPSA) is 73.3 Å². The van der Waals surface area contributed by atoms with Crippen LogP contribution in [0.1, 0.15) is 11.1 Å². The van der Waals surface area contributed by atoms with Crippen molar-refractivity contribution < 1.29 is 14.3 Å². The van der Waals surface area contributed by atoms with Crippen molar-refractivity contribution in [1.82, 2.24) is 9.97 Å². The fraction of sp³-hybridized carbons (Fsp3) is 0.115. The van der Waals surface area contributed by atoms with Crippen LogP contribution in [0.15, 0.2) is 77.8 Å². The second kappa shape index (κ2) is 9.75. The van der Waals surface area contributed by atoms with E-state index in [1.165, 1.54) is 11.8 Å². The van der Waals surface area contributed by atoms with Crippen LogP contribution in [-0.4, -0.2) is 28.7 Å². The van der Waals surface area contributed by atoms with E-state index >= 15 is 0 Å². The van der Waals surface area contributed by atoms with Gasteiger partial charge in [-0.15, -0.1) is 0 Å². The predicted molar refractivity (Wildman–Crippen MR) is 134 cm³/mol. The first kappa shape index (κ1) is 22.3. The van der Waals surface area contributed by atoms with E-state index in [0.717, 1.165) is 16.7 Å². The second-order valence-electron chi connectivity index (χ2n) is 7.57. The van der Waals surface area contributed by atoms with Gasteiger partial charge in [-0.2, -0.15) is 4.98 Å². The van der Waals surface area contributed by atoms with Gasteiger partial charge in [-0.25, -0.2) is 4.98 Å². The molecule has 0 atom stereocenters. The molecule has 34 heavy (non-hydrogen) atoms. The van der Waals surface area contributed by atoms with Gasteiger partial charge >= 0.3 is 0 Å². The SMILES string of the molecule is COc1cccc2c1Oc1nc(-c3ccccc3)nc(SCC(=O)Nc3ccc(Cl)cc3)c1C2. The zero-order valence-corrected chi connectivity index (χ0v) is 19.8. The molecule has 1 aromatic heterocycles. The molecular formula is C26H20ClN3O3S. The largest absolute Gasteiger partial charge is 0.493 e. The lowest BCUT2D eigenvalue weighted by atomic mass is 10.0. The van der Waals surface area contributed by atoms with E-state index in [-0.39, 0.29) is 11.7 Å².